The Hall–Kier alpha value is -1.87. The van der Waals surface area contributed by atoms with Crippen LogP contribution in [-0.4, -0.2) is 11.2 Å². The van der Waals surface area contributed by atoms with Gasteiger partial charge in [-0.05, 0) is 32.4 Å². The van der Waals surface area contributed by atoms with Gasteiger partial charge in [0.05, 0.1) is 6.10 Å². The Morgan fingerprint density at radius 1 is 1.05 bits per heavy atom. The summed E-state index contributed by atoms with van der Waals surface area (Å²) in [6.45, 7) is 5.67. The highest BCUT2D eigenvalue weighted by Crippen LogP contribution is 2.39. The van der Waals surface area contributed by atoms with Gasteiger partial charge in [-0.25, -0.2) is 4.39 Å². The SMILES string of the molecule is CCC(O)(c1ccccc1F)c1ccccc1OC(C)C. The van der Waals surface area contributed by atoms with Crippen molar-refractivity contribution < 1.29 is 14.2 Å². The average Bonchev–Trinajstić information content (AvgIpc) is 2.47. The summed E-state index contributed by atoms with van der Waals surface area (Å²) >= 11 is 0. The van der Waals surface area contributed by atoms with Gasteiger partial charge in [0.1, 0.15) is 17.2 Å². The zero-order chi connectivity index (χ0) is 15.5. The highest BCUT2D eigenvalue weighted by Gasteiger charge is 2.34. The Bertz CT molecular complexity index is 610. The van der Waals surface area contributed by atoms with Gasteiger partial charge in [-0.3, -0.25) is 0 Å². The van der Waals surface area contributed by atoms with Crippen LogP contribution in [0.3, 0.4) is 0 Å². The molecule has 0 fully saturated rings. The third-order valence-corrected chi connectivity index (χ3v) is 3.53. The van der Waals surface area contributed by atoms with Gasteiger partial charge in [0.15, 0.2) is 0 Å². The second-order valence-corrected chi connectivity index (χ2v) is 5.36. The van der Waals surface area contributed by atoms with Gasteiger partial charge in [-0.2, -0.15) is 0 Å². The molecule has 3 heteroatoms. The normalized spacial score (nSPS) is 14.0. The first-order valence-electron chi connectivity index (χ1n) is 7.22. The number of hydrogen-bond donors (Lipinski definition) is 1. The lowest BCUT2D eigenvalue weighted by Gasteiger charge is -2.30. The first-order valence-corrected chi connectivity index (χ1v) is 7.22. The topological polar surface area (TPSA) is 29.5 Å². The number of benzene rings is 2. The molecule has 0 spiro atoms. The molecule has 1 unspecified atom stereocenters. The van der Waals surface area contributed by atoms with E-state index in [1.807, 2.05) is 32.9 Å². The van der Waals surface area contributed by atoms with E-state index in [0.717, 1.165) is 0 Å². The van der Waals surface area contributed by atoms with E-state index < -0.39 is 11.4 Å². The van der Waals surface area contributed by atoms with Crippen molar-refractivity contribution in [1.29, 1.82) is 0 Å². The molecule has 112 valence electrons. The molecule has 0 radical (unpaired) electrons. The van der Waals surface area contributed by atoms with Gasteiger partial charge < -0.3 is 9.84 Å². The van der Waals surface area contributed by atoms with Crippen molar-refractivity contribution in [2.45, 2.75) is 38.9 Å². The maximum atomic E-state index is 14.2. The largest absolute Gasteiger partial charge is 0.491 e. The van der Waals surface area contributed by atoms with Gasteiger partial charge in [0.2, 0.25) is 0 Å². The Morgan fingerprint density at radius 3 is 2.19 bits per heavy atom. The van der Waals surface area contributed by atoms with Crippen LogP contribution in [0.4, 0.5) is 4.39 Å². The predicted molar refractivity (Wildman–Crippen MR) is 81.9 cm³/mol. The lowest BCUT2D eigenvalue weighted by molar-refractivity contribution is 0.0675. The summed E-state index contributed by atoms with van der Waals surface area (Å²) in [6.07, 6.45) is 0.333. The van der Waals surface area contributed by atoms with Crippen LogP contribution in [0.15, 0.2) is 48.5 Å². The monoisotopic (exact) mass is 288 g/mol. The number of rotatable bonds is 5. The van der Waals surface area contributed by atoms with Crippen molar-refractivity contribution in [2.75, 3.05) is 0 Å². The Balaban J connectivity index is 2.58. The standard InChI is InChI=1S/C18H21FO2/c1-4-18(20,14-9-5-7-11-16(14)19)15-10-6-8-12-17(15)21-13(2)3/h5-13,20H,4H2,1-3H3. The second kappa shape index (κ2) is 6.27. The quantitative estimate of drug-likeness (QED) is 0.891. The van der Waals surface area contributed by atoms with Crippen LogP contribution in [0.25, 0.3) is 0 Å². The number of ether oxygens (including phenoxy) is 1. The lowest BCUT2D eigenvalue weighted by atomic mass is 9.83. The van der Waals surface area contributed by atoms with E-state index in [9.17, 15) is 9.50 Å². The average molecular weight is 288 g/mol. The molecule has 1 N–H and O–H groups in total. The molecular formula is C18H21FO2. The molecule has 0 saturated carbocycles. The third kappa shape index (κ3) is 3.08. The van der Waals surface area contributed by atoms with Crippen LogP contribution >= 0.6 is 0 Å². The third-order valence-electron chi connectivity index (χ3n) is 3.53. The van der Waals surface area contributed by atoms with Gasteiger partial charge in [0, 0.05) is 11.1 Å². The molecule has 0 aliphatic heterocycles. The molecule has 1 atom stereocenters. The predicted octanol–water partition coefficient (Wildman–Crippen LogP) is 4.26. The minimum Gasteiger partial charge on any atom is -0.491 e. The summed E-state index contributed by atoms with van der Waals surface area (Å²) in [4.78, 5) is 0. The first kappa shape index (κ1) is 15.5. The smallest absolute Gasteiger partial charge is 0.129 e. The molecule has 2 aromatic rings. The molecule has 2 aromatic carbocycles. The first-order chi connectivity index (χ1) is 9.99. The van der Waals surface area contributed by atoms with E-state index in [4.69, 9.17) is 4.74 Å². The fourth-order valence-electron chi connectivity index (χ4n) is 2.49. The van der Waals surface area contributed by atoms with E-state index >= 15 is 0 Å². The van der Waals surface area contributed by atoms with Crippen LogP contribution in [-0.2, 0) is 5.60 Å². The lowest BCUT2D eigenvalue weighted by Crippen LogP contribution is -2.28. The van der Waals surface area contributed by atoms with Crippen molar-refractivity contribution in [2.24, 2.45) is 0 Å². The van der Waals surface area contributed by atoms with Gasteiger partial charge in [-0.1, -0.05) is 43.3 Å². The van der Waals surface area contributed by atoms with E-state index in [1.165, 1.54) is 6.07 Å². The number of para-hydroxylation sites is 1. The maximum Gasteiger partial charge on any atom is 0.129 e. The number of hydrogen-bond acceptors (Lipinski definition) is 2. The van der Waals surface area contributed by atoms with Gasteiger partial charge in [-0.15, -0.1) is 0 Å². The van der Waals surface area contributed by atoms with Gasteiger partial charge in [0.25, 0.3) is 0 Å². The summed E-state index contributed by atoms with van der Waals surface area (Å²) in [5, 5.41) is 11.1. The molecule has 0 aliphatic carbocycles. The summed E-state index contributed by atoms with van der Waals surface area (Å²) < 4.78 is 19.9. The van der Waals surface area contributed by atoms with Crippen LogP contribution < -0.4 is 4.74 Å². The number of aliphatic hydroxyl groups is 1. The zero-order valence-corrected chi connectivity index (χ0v) is 12.6. The van der Waals surface area contributed by atoms with Crippen molar-refractivity contribution in [3.8, 4) is 5.75 Å². The van der Waals surface area contributed by atoms with Crippen LogP contribution in [0, 0.1) is 5.82 Å². The van der Waals surface area contributed by atoms with Crippen LogP contribution in [0.5, 0.6) is 5.75 Å². The zero-order valence-electron chi connectivity index (χ0n) is 12.6. The summed E-state index contributed by atoms with van der Waals surface area (Å²) in [7, 11) is 0. The minimum atomic E-state index is -1.41. The Labute approximate surface area is 125 Å². The van der Waals surface area contributed by atoms with Gasteiger partial charge >= 0.3 is 0 Å². The maximum absolute atomic E-state index is 14.2. The molecule has 0 aliphatic rings. The van der Waals surface area contributed by atoms with Crippen molar-refractivity contribution in [1.82, 2.24) is 0 Å². The fraction of sp³-hybridized carbons (Fsp3) is 0.333. The van der Waals surface area contributed by atoms with Crippen LogP contribution in [0.1, 0.15) is 38.3 Å². The van der Waals surface area contributed by atoms with Crippen LogP contribution in [0.2, 0.25) is 0 Å². The Kier molecular flexibility index (Phi) is 4.63. The fourth-order valence-corrected chi connectivity index (χ4v) is 2.49. The van der Waals surface area contributed by atoms with E-state index in [2.05, 4.69) is 0 Å². The minimum absolute atomic E-state index is 0.0205. The summed E-state index contributed by atoms with van der Waals surface area (Å²) in [6, 6.07) is 13.6. The molecule has 21 heavy (non-hydrogen) atoms. The molecular weight excluding hydrogens is 267 g/mol. The molecule has 0 bridgehead atoms. The Morgan fingerprint density at radius 2 is 1.62 bits per heavy atom. The molecule has 0 amide bonds. The van der Waals surface area contributed by atoms with Crippen molar-refractivity contribution >= 4 is 0 Å². The molecule has 2 rings (SSSR count). The highest BCUT2D eigenvalue weighted by molar-refractivity contribution is 5.45. The van der Waals surface area contributed by atoms with Crippen molar-refractivity contribution in [3.63, 3.8) is 0 Å². The molecule has 0 saturated heterocycles. The summed E-state index contributed by atoms with van der Waals surface area (Å²) in [5.74, 6) is 0.168. The molecule has 2 nitrogen and oxygen atoms in total. The second-order valence-electron chi connectivity index (χ2n) is 5.36. The molecule has 0 heterocycles. The highest BCUT2D eigenvalue weighted by atomic mass is 19.1. The summed E-state index contributed by atoms with van der Waals surface area (Å²) in [5.41, 5.74) is -0.546. The van der Waals surface area contributed by atoms with E-state index in [0.29, 0.717) is 17.7 Å². The molecule has 0 aromatic heterocycles. The van der Waals surface area contributed by atoms with E-state index in [1.54, 1.807) is 30.3 Å². The number of halogens is 1. The van der Waals surface area contributed by atoms with E-state index in [-0.39, 0.29) is 11.7 Å². The van der Waals surface area contributed by atoms with Crippen molar-refractivity contribution in [3.05, 3.63) is 65.5 Å².